The number of hydrogen-bond donors (Lipinski definition) is 0. The highest BCUT2D eigenvalue weighted by Crippen LogP contribution is 2.21. The van der Waals surface area contributed by atoms with E-state index in [9.17, 15) is 8.42 Å². The molecule has 16 heavy (non-hydrogen) atoms. The maximum absolute atomic E-state index is 11.7. The van der Waals surface area contributed by atoms with Crippen molar-refractivity contribution in [2.24, 2.45) is 4.99 Å². The molecule has 0 aliphatic carbocycles. The summed E-state index contributed by atoms with van der Waals surface area (Å²) in [5, 5.41) is 0. The lowest BCUT2D eigenvalue weighted by atomic mass is 10.3. The highest BCUT2D eigenvalue weighted by Gasteiger charge is 2.29. The van der Waals surface area contributed by atoms with E-state index < -0.39 is 9.84 Å². The topological polar surface area (TPSA) is 53.0 Å². The number of likely N-dealkylation sites (N-methyl/N-ethyl adjacent to an activating group) is 1. The number of sulfone groups is 1. The minimum absolute atomic E-state index is 0.0316. The third-order valence-electron chi connectivity index (χ3n) is 2.85. The number of hydrogen-bond acceptors (Lipinski definition) is 5. The minimum Gasteiger partial charge on any atom is -0.304 e. The van der Waals surface area contributed by atoms with E-state index >= 15 is 0 Å². The van der Waals surface area contributed by atoms with Gasteiger partial charge in [-0.05, 0) is 23.0 Å². The van der Waals surface area contributed by atoms with E-state index in [2.05, 4.69) is 37.8 Å². The zero-order valence-corrected chi connectivity index (χ0v) is 11.5. The van der Waals surface area contributed by atoms with Crippen molar-refractivity contribution < 1.29 is 8.42 Å². The Bertz CT molecular complexity index is 436. The van der Waals surface area contributed by atoms with Crippen molar-refractivity contribution >= 4 is 29.7 Å². The van der Waals surface area contributed by atoms with Crippen molar-refractivity contribution in [1.82, 2.24) is 9.80 Å². The zero-order valence-electron chi connectivity index (χ0n) is 9.06. The molecule has 1 saturated heterocycles. The smallest absolute Gasteiger partial charge is 0.229 e. The molecule has 0 aromatic carbocycles. The normalized spacial score (nSPS) is 26.6. The first-order valence-electron chi connectivity index (χ1n) is 5.08. The molecule has 0 amide bonds. The summed E-state index contributed by atoms with van der Waals surface area (Å²) in [4.78, 5) is 8.57. The van der Waals surface area contributed by atoms with Gasteiger partial charge in [0.1, 0.15) is 0 Å². The molecule has 2 aliphatic heterocycles. The Labute approximate surface area is 104 Å². The fraction of sp³-hybridized carbons (Fsp3) is 0.667. The van der Waals surface area contributed by atoms with E-state index in [4.69, 9.17) is 0 Å². The van der Waals surface area contributed by atoms with Gasteiger partial charge in [-0.2, -0.15) is 0 Å². The average molecular weight is 308 g/mol. The summed E-state index contributed by atoms with van der Waals surface area (Å²) in [5.74, 6) is 0. The van der Waals surface area contributed by atoms with Crippen LogP contribution in [0.2, 0.25) is 0 Å². The van der Waals surface area contributed by atoms with E-state index in [0.29, 0.717) is 11.4 Å². The summed E-state index contributed by atoms with van der Waals surface area (Å²) in [6.45, 7) is 4.24. The molecule has 0 unspecified atom stereocenters. The predicted molar refractivity (Wildman–Crippen MR) is 67.3 cm³/mol. The van der Waals surface area contributed by atoms with Crippen LogP contribution in [0, 0.1) is 0 Å². The van der Waals surface area contributed by atoms with Crippen molar-refractivity contribution in [3.8, 4) is 0 Å². The number of aliphatic imine (C=N–C) groups is 1. The Morgan fingerprint density at radius 3 is 2.50 bits per heavy atom. The van der Waals surface area contributed by atoms with Gasteiger partial charge in [0.15, 0.2) is 0 Å². The molecule has 0 bridgehead atoms. The maximum Gasteiger partial charge on any atom is 0.229 e. The van der Waals surface area contributed by atoms with E-state index in [1.165, 1.54) is 6.20 Å². The molecule has 2 rings (SSSR count). The van der Waals surface area contributed by atoms with Crippen LogP contribution in [0.15, 0.2) is 16.1 Å². The van der Waals surface area contributed by atoms with Crippen molar-refractivity contribution in [3.05, 3.63) is 11.1 Å². The van der Waals surface area contributed by atoms with Crippen LogP contribution in [0.25, 0.3) is 0 Å². The van der Waals surface area contributed by atoms with E-state index in [0.717, 1.165) is 26.2 Å². The monoisotopic (exact) mass is 307 g/mol. The maximum atomic E-state index is 11.7. The average Bonchev–Trinajstić information content (AvgIpc) is 2.48. The predicted octanol–water partition coefficient (Wildman–Crippen LogP) is 0.255. The van der Waals surface area contributed by atoms with Gasteiger partial charge in [-0.15, -0.1) is 0 Å². The molecular weight excluding hydrogens is 294 g/mol. The first-order valence-corrected chi connectivity index (χ1v) is 7.36. The molecule has 0 aromatic rings. The quantitative estimate of drug-likeness (QED) is 0.734. The second-order valence-corrected chi connectivity index (χ2v) is 7.25. The van der Waals surface area contributed by atoms with E-state index in [1.807, 2.05) is 0 Å². The van der Waals surface area contributed by atoms with Crippen molar-refractivity contribution in [2.45, 2.75) is 0 Å². The second kappa shape index (κ2) is 4.56. The molecule has 0 atom stereocenters. The number of nitrogens with zero attached hydrogens (tertiary/aromatic N) is 3. The van der Waals surface area contributed by atoms with Crippen molar-refractivity contribution in [2.75, 3.05) is 39.8 Å². The molecule has 0 aromatic heterocycles. The Morgan fingerprint density at radius 2 is 2.00 bits per heavy atom. The van der Waals surface area contributed by atoms with Gasteiger partial charge in [0, 0.05) is 38.9 Å². The van der Waals surface area contributed by atoms with Crippen molar-refractivity contribution in [3.63, 3.8) is 0 Å². The molecule has 2 heterocycles. The number of piperazine rings is 1. The first kappa shape index (κ1) is 12.2. The molecule has 7 heteroatoms. The van der Waals surface area contributed by atoms with Crippen LogP contribution in [0.5, 0.6) is 0 Å². The second-order valence-electron chi connectivity index (χ2n) is 4.06. The largest absolute Gasteiger partial charge is 0.304 e. The van der Waals surface area contributed by atoms with Crippen molar-refractivity contribution in [1.29, 1.82) is 0 Å². The van der Waals surface area contributed by atoms with Crippen LogP contribution in [0.3, 0.4) is 0 Å². The lowest BCUT2D eigenvalue weighted by Gasteiger charge is -2.32. The molecule has 0 spiro atoms. The van der Waals surface area contributed by atoms with Crippen LogP contribution in [-0.4, -0.2) is 61.9 Å². The van der Waals surface area contributed by atoms with Crippen LogP contribution < -0.4 is 0 Å². The molecule has 5 nitrogen and oxygen atoms in total. The molecule has 1 fully saturated rings. The molecule has 0 saturated carbocycles. The fourth-order valence-electron chi connectivity index (χ4n) is 1.72. The fourth-order valence-corrected chi connectivity index (χ4v) is 3.40. The van der Waals surface area contributed by atoms with Gasteiger partial charge >= 0.3 is 0 Å². The molecular formula is C9H14BrN3O2S. The molecule has 2 aliphatic rings. The van der Waals surface area contributed by atoms with Gasteiger partial charge in [0.2, 0.25) is 13.8 Å². The molecule has 0 radical (unpaired) electrons. The van der Waals surface area contributed by atoms with Crippen LogP contribution in [0.4, 0.5) is 0 Å². The number of rotatable bonds is 2. The van der Waals surface area contributed by atoms with Gasteiger partial charge < -0.3 is 4.90 Å². The van der Waals surface area contributed by atoms with Gasteiger partial charge in [0.25, 0.3) is 0 Å². The Morgan fingerprint density at radius 1 is 1.38 bits per heavy atom. The van der Waals surface area contributed by atoms with Crippen LogP contribution in [0.1, 0.15) is 0 Å². The van der Waals surface area contributed by atoms with E-state index in [1.54, 1.807) is 0 Å². The zero-order chi connectivity index (χ0) is 11.8. The first-order chi connectivity index (χ1) is 7.50. The highest BCUT2D eigenvalue weighted by molar-refractivity contribution is 9.21. The summed E-state index contributed by atoms with van der Waals surface area (Å²) in [6, 6.07) is 0. The van der Waals surface area contributed by atoms with Gasteiger partial charge in [-0.1, -0.05) is 0 Å². The Kier molecular flexibility index (Phi) is 3.48. The summed E-state index contributed by atoms with van der Waals surface area (Å²) in [5.41, 5.74) is 0. The van der Waals surface area contributed by atoms with Gasteiger partial charge in [-0.3, -0.25) is 4.90 Å². The van der Waals surface area contributed by atoms with Gasteiger partial charge in [0.05, 0.1) is 4.91 Å². The third-order valence-corrected chi connectivity index (χ3v) is 5.81. The lowest BCUT2D eigenvalue weighted by Crippen LogP contribution is -2.45. The summed E-state index contributed by atoms with van der Waals surface area (Å²) < 4.78 is 23.5. The summed E-state index contributed by atoms with van der Waals surface area (Å²) in [6.07, 6.45) is 1.44. The summed E-state index contributed by atoms with van der Waals surface area (Å²) in [7, 11) is -1.23. The third kappa shape index (κ3) is 2.37. The van der Waals surface area contributed by atoms with Crippen LogP contribution in [-0.2, 0) is 9.84 Å². The van der Waals surface area contributed by atoms with E-state index in [-0.39, 0.29) is 3.95 Å². The summed E-state index contributed by atoms with van der Waals surface area (Å²) >= 11 is 2.96. The standard InChI is InChI=1S/C9H14BrN3O2S/c1-12-2-4-13(5-3-12)7-8-6-11-9(10)16(8,14)15/h6H,2-5,7H2,1H3. The Balaban J connectivity index is 1.98. The SMILES string of the molecule is CN1CCN(CC2=CN=C(Br)S2(=O)=O)CC1. The van der Waals surface area contributed by atoms with Crippen LogP contribution >= 0.6 is 15.9 Å². The molecule has 0 N–H and O–H groups in total. The Hall–Kier alpha value is -0.240. The minimum atomic E-state index is -3.31. The highest BCUT2D eigenvalue weighted by atomic mass is 79.9. The van der Waals surface area contributed by atoms with Gasteiger partial charge in [-0.25, -0.2) is 13.4 Å². The number of halogens is 1. The lowest BCUT2D eigenvalue weighted by molar-refractivity contribution is 0.165. The molecule has 90 valence electrons.